The topological polar surface area (TPSA) is 107 Å². The second-order valence-electron chi connectivity index (χ2n) is 7.55. The maximum Gasteiger partial charge on any atom is 1.00 e. The predicted octanol–water partition coefficient (Wildman–Crippen LogP) is 1.03. The van der Waals surface area contributed by atoms with E-state index in [9.17, 15) is 22.6 Å². The number of hydrogen-bond acceptors (Lipinski definition) is 6. The molecule has 1 N–H and O–H groups in total. The summed E-state index contributed by atoms with van der Waals surface area (Å²) in [5, 5.41) is 0. The van der Waals surface area contributed by atoms with E-state index in [1.165, 1.54) is 6.07 Å². The average Bonchev–Trinajstić information content (AvgIpc) is 2.68. The van der Waals surface area contributed by atoms with Crippen molar-refractivity contribution in [2.45, 2.75) is 81.3 Å². The first-order chi connectivity index (χ1) is 13.3. The third kappa shape index (κ3) is 7.41. The summed E-state index contributed by atoms with van der Waals surface area (Å²) in [7, 11) is -4.60. The first-order valence-electron chi connectivity index (χ1n) is 9.87. The third-order valence-corrected chi connectivity index (χ3v) is 6.16. The van der Waals surface area contributed by atoms with E-state index in [1.54, 1.807) is 0 Å². The van der Waals surface area contributed by atoms with Gasteiger partial charge in [-0.3, -0.25) is 4.55 Å². The number of carbonyl (C=O) groups excluding carboxylic acids is 2. The van der Waals surface area contributed by atoms with Gasteiger partial charge in [0.05, 0.1) is 16.0 Å². The number of carbonyl (C=O) groups is 2. The van der Waals surface area contributed by atoms with Crippen molar-refractivity contribution in [2.75, 3.05) is 0 Å². The SMILES string of the molecule is O=C(OC1CCCCC1)c1cc(C(=O)OC2CCCCC2)cc(S(=O)(=O)O)c1.[H-].[K+]. The van der Waals surface area contributed by atoms with Crippen LogP contribution in [-0.2, 0) is 19.6 Å². The summed E-state index contributed by atoms with van der Waals surface area (Å²) < 4.78 is 43.6. The van der Waals surface area contributed by atoms with Crippen molar-refractivity contribution in [3.8, 4) is 0 Å². The van der Waals surface area contributed by atoms with Crippen molar-refractivity contribution in [3.63, 3.8) is 0 Å². The first-order valence-corrected chi connectivity index (χ1v) is 11.3. The molecule has 0 amide bonds. The van der Waals surface area contributed by atoms with Crippen LogP contribution in [0.15, 0.2) is 23.1 Å². The summed E-state index contributed by atoms with van der Waals surface area (Å²) in [6.45, 7) is 0. The van der Waals surface area contributed by atoms with Gasteiger partial charge in [0.2, 0.25) is 0 Å². The molecule has 2 aliphatic carbocycles. The largest absolute Gasteiger partial charge is 1.00 e. The van der Waals surface area contributed by atoms with Gasteiger partial charge in [-0.15, -0.1) is 0 Å². The molecule has 7 nitrogen and oxygen atoms in total. The molecule has 2 saturated carbocycles. The number of hydrogen-bond donors (Lipinski definition) is 1. The molecule has 0 saturated heterocycles. The van der Waals surface area contributed by atoms with Crippen molar-refractivity contribution < 1.29 is 84.8 Å². The fourth-order valence-corrected chi connectivity index (χ4v) is 4.34. The van der Waals surface area contributed by atoms with E-state index in [4.69, 9.17) is 9.47 Å². The van der Waals surface area contributed by atoms with Crippen LogP contribution in [0.1, 0.15) is 86.4 Å². The van der Waals surface area contributed by atoms with Crippen LogP contribution in [-0.4, -0.2) is 37.1 Å². The van der Waals surface area contributed by atoms with E-state index in [-0.39, 0.29) is 76.1 Å². The summed E-state index contributed by atoms with van der Waals surface area (Å²) in [5.41, 5.74) is -0.174. The molecular formula is C20H27KO7S. The third-order valence-electron chi connectivity index (χ3n) is 5.33. The van der Waals surface area contributed by atoms with Crippen LogP contribution in [0.4, 0.5) is 0 Å². The Balaban J connectivity index is 0.00000225. The fraction of sp³-hybridized carbons (Fsp3) is 0.600. The van der Waals surface area contributed by atoms with Gasteiger partial charge in [0, 0.05) is 0 Å². The van der Waals surface area contributed by atoms with Gasteiger partial charge in [-0.1, -0.05) is 12.8 Å². The van der Waals surface area contributed by atoms with Gasteiger partial charge in [-0.25, -0.2) is 9.59 Å². The first kappa shape index (κ1) is 25.0. The van der Waals surface area contributed by atoms with Gasteiger partial charge in [-0.2, -0.15) is 8.42 Å². The van der Waals surface area contributed by atoms with Crippen molar-refractivity contribution in [1.29, 1.82) is 0 Å². The molecule has 0 aliphatic heterocycles. The number of esters is 2. The molecular weight excluding hydrogens is 423 g/mol. The molecule has 3 rings (SSSR count). The van der Waals surface area contributed by atoms with Crippen molar-refractivity contribution >= 4 is 22.1 Å². The second-order valence-corrected chi connectivity index (χ2v) is 8.97. The molecule has 0 atom stereocenters. The van der Waals surface area contributed by atoms with Gasteiger partial charge >= 0.3 is 63.3 Å². The van der Waals surface area contributed by atoms with Crippen LogP contribution in [0.5, 0.6) is 0 Å². The van der Waals surface area contributed by atoms with Crippen LogP contribution >= 0.6 is 0 Å². The minimum atomic E-state index is -4.60. The Hall–Kier alpha value is -0.294. The van der Waals surface area contributed by atoms with Gasteiger partial charge in [0.25, 0.3) is 10.1 Å². The molecule has 156 valence electrons. The summed E-state index contributed by atoms with van der Waals surface area (Å²) in [5.74, 6) is -1.41. The molecule has 0 heterocycles. The number of benzene rings is 1. The summed E-state index contributed by atoms with van der Waals surface area (Å²) in [6.07, 6.45) is 8.73. The van der Waals surface area contributed by atoms with Crippen LogP contribution in [0.25, 0.3) is 0 Å². The average molecular weight is 451 g/mol. The molecule has 0 spiro atoms. The van der Waals surface area contributed by atoms with Crippen LogP contribution < -0.4 is 51.4 Å². The molecule has 0 unspecified atom stereocenters. The van der Waals surface area contributed by atoms with Gasteiger partial charge in [0.15, 0.2) is 0 Å². The van der Waals surface area contributed by atoms with E-state index in [0.29, 0.717) is 0 Å². The zero-order valence-electron chi connectivity index (χ0n) is 17.8. The maximum atomic E-state index is 12.5. The van der Waals surface area contributed by atoms with E-state index < -0.39 is 27.0 Å². The molecule has 9 heteroatoms. The Morgan fingerprint density at radius 2 is 1.17 bits per heavy atom. The standard InChI is InChI=1S/C20H26O7S.K.H/c21-19(26-16-7-3-1-4-8-16)14-11-15(13-18(12-14)28(23,24)25)20(22)27-17-9-5-2-6-10-17;;/h11-13,16-17H,1-10H2,(H,23,24,25);;/q;+1;-1. The summed E-state index contributed by atoms with van der Waals surface area (Å²) in [4.78, 5) is 24.5. The molecule has 29 heavy (non-hydrogen) atoms. The number of rotatable bonds is 5. The van der Waals surface area contributed by atoms with Crippen molar-refractivity contribution in [2.24, 2.45) is 0 Å². The minimum Gasteiger partial charge on any atom is -1.00 e. The molecule has 0 aromatic heterocycles. The van der Waals surface area contributed by atoms with Crippen LogP contribution in [0.2, 0.25) is 0 Å². The van der Waals surface area contributed by atoms with Crippen molar-refractivity contribution in [3.05, 3.63) is 29.3 Å². The van der Waals surface area contributed by atoms with Crippen LogP contribution in [0, 0.1) is 0 Å². The molecule has 1 aromatic carbocycles. The second kappa shape index (κ2) is 11.4. The van der Waals surface area contributed by atoms with Gasteiger partial charge in [-0.05, 0) is 69.6 Å². The van der Waals surface area contributed by atoms with Crippen LogP contribution in [0.3, 0.4) is 0 Å². The van der Waals surface area contributed by atoms with Gasteiger partial charge < -0.3 is 10.9 Å². The molecule has 2 aliphatic rings. The van der Waals surface area contributed by atoms with Crippen molar-refractivity contribution in [1.82, 2.24) is 0 Å². The fourth-order valence-electron chi connectivity index (χ4n) is 3.79. The monoisotopic (exact) mass is 450 g/mol. The Morgan fingerprint density at radius 3 is 1.52 bits per heavy atom. The summed E-state index contributed by atoms with van der Waals surface area (Å²) in [6, 6.07) is 3.32. The molecule has 0 bridgehead atoms. The normalized spacial score (nSPS) is 18.5. The Labute approximate surface area is 215 Å². The van der Waals surface area contributed by atoms with E-state index >= 15 is 0 Å². The minimum absolute atomic E-state index is 0. The Morgan fingerprint density at radius 1 is 0.793 bits per heavy atom. The quantitative estimate of drug-likeness (QED) is 0.406. The zero-order valence-corrected chi connectivity index (χ0v) is 20.7. The van der Waals surface area contributed by atoms with E-state index in [0.717, 1.165) is 76.3 Å². The van der Waals surface area contributed by atoms with Gasteiger partial charge in [0.1, 0.15) is 12.2 Å². The zero-order chi connectivity index (χ0) is 20.1. The molecule has 1 aromatic rings. The maximum absolute atomic E-state index is 12.5. The summed E-state index contributed by atoms with van der Waals surface area (Å²) >= 11 is 0. The molecule has 2 fully saturated rings. The van der Waals surface area contributed by atoms with E-state index in [1.807, 2.05) is 0 Å². The molecule has 0 radical (unpaired) electrons. The Bertz CT molecular complexity index is 781. The smallest absolute Gasteiger partial charge is 1.00 e. The predicted molar refractivity (Wildman–Crippen MR) is 102 cm³/mol. The number of ether oxygens (including phenoxy) is 2. The van der Waals surface area contributed by atoms with E-state index in [2.05, 4.69) is 0 Å². The Kier molecular flexibility index (Phi) is 9.78.